The van der Waals surface area contributed by atoms with E-state index in [0.29, 0.717) is 5.69 Å². The third-order valence-corrected chi connectivity index (χ3v) is 4.90. The van der Waals surface area contributed by atoms with Crippen LogP contribution in [0, 0.1) is 20.4 Å². The van der Waals surface area contributed by atoms with Crippen molar-refractivity contribution in [1.29, 1.82) is 0 Å². The van der Waals surface area contributed by atoms with Crippen molar-refractivity contribution in [2.75, 3.05) is 5.73 Å². The molecule has 3 aromatic carbocycles. The minimum Gasteiger partial charge on any atom is -0.398 e. The van der Waals surface area contributed by atoms with Crippen LogP contribution in [0.4, 0.5) is 11.4 Å². The molecule has 2 N–H and O–H groups in total. The number of fused-ring (bicyclic) bond motifs is 1. The molecule has 4 rings (SSSR count). The lowest BCUT2D eigenvalue weighted by molar-refractivity contribution is 1.12. The maximum Gasteiger partial charge on any atom is 0.188 e. The van der Waals surface area contributed by atoms with E-state index in [-0.39, 0.29) is 0 Å². The Bertz CT molecular complexity index is 1160. The Morgan fingerprint density at radius 3 is 2.42 bits per heavy atom. The number of nitrogen functional groups attached to an aromatic ring is 1. The molecule has 3 nitrogen and oxygen atoms in total. The van der Waals surface area contributed by atoms with Gasteiger partial charge in [-0.15, -0.1) is 0 Å². The highest BCUT2D eigenvalue weighted by molar-refractivity contribution is 6.00. The highest BCUT2D eigenvalue weighted by Gasteiger charge is 2.14. The van der Waals surface area contributed by atoms with Gasteiger partial charge in [0.2, 0.25) is 0 Å². The Morgan fingerprint density at radius 2 is 1.69 bits per heavy atom. The van der Waals surface area contributed by atoms with Gasteiger partial charge in [-0.25, -0.2) is 4.85 Å². The topological polar surface area (TPSA) is 35.3 Å². The number of benzene rings is 3. The summed E-state index contributed by atoms with van der Waals surface area (Å²) in [6.07, 6.45) is 2.14. The summed E-state index contributed by atoms with van der Waals surface area (Å²) in [4.78, 5) is 3.61. The van der Waals surface area contributed by atoms with Crippen molar-refractivity contribution in [2.45, 2.75) is 13.8 Å². The highest BCUT2D eigenvalue weighted by atomic mass is 15.0. The molecule has 0 saturated carbocycles. The van der Waals surface area contributed by atoms with E-state index < -0.39 is 0 Å². The number of aryl methyl sites for hydroxylation is 1. The van der Waals surface area contributed by atoms with Crippen LogP contribution in [0.1, 0.15) is 11.1 Å². The van der Waals surface area contributed by atoms with Crippen molar-refractivity contribution >= 4 is 22.3 Å². The predicted octanol–water partition coefficient (Wildman–Crippen LogP) is 6.05. The van der Waals surface area contributed by atoms with E-state index in [4.69, 9.17) is 12.3 Å². The summed E-state index contributed by atoms with van der Waals surface area (Å²) in [6.45, 7) is 11.5. The number of nitrogens with two attached hydrogens (primary N) is 1. The van der Waals surface area contributed by atoms with Crippen LogP contribution in [0.5, 0.6) is 0 Å². The van der Waals surface area contributed by atoms with Gasteiger partial charge in [0.1, 0.15) is 0 Å². The zero-order chi connectivity index (χ0) is 18.3. The number of anilines is 1. The van der Waals surface area contributed by atoms with Crippen LogP contribution >= 0.6 is 0 Å². The van der Waals surface area contributed by atoms with E-state index >= 15 is 0 Å². The predicted molar refractivity (Wildman–Crippen MR) is 109 cm³/mol. The lowest BCUT2D eigenvalue weighted by atomic mass is 9.99. The molecular weight excluding hydrogens is 318 g/mol. The fourth-order valence-corrected chi connectivity index (χ4v) is 3.37. The Morgan fingerprint density at radius 1 is 0.923 bits per heavy atom. The molecule has 26 heavy (non-hydrogen) atoms. The Labute approximate surface area is 153 Å². The van der Waals surface area contributed by atoms with Gasteiger partial charge in [-0.05, 0) is 60.7 Å². The van der Waals surface area contributed by atoms with E-state index in [0.717, 1.165) is 39.0 Å². The Balaban J connectivity index is 2.05. The van der Waals surface area contributed by atoms with Crippen molar-refractivity contribution < 1.29 is 0 Å². The van der Waals surface area contributed by atoms with E-state index in [9.17, 15) is 0 Å². The lowest BCUT2D eigenvalue weighted by Crippen LogP contribution is -1.92. The summed E-state index contributed by atoms with van der Waals surface area (Å²) in [6, 6.07) is 20.3. The second-order valence-electron chi connectivity index (χ2n) is 6.58. The number of nitrogens with zero attached hydrogens (tertiary/aromatic N) is 2. The molecule has 0 aliphatic heterocycles. The SMILES string of the molecule is [C-]#[N+]c1ccc2c(c1)c(-c1cccc(N)c1C)cn2-c1ccc(C)cc1. The number of rotatable bonds is 2. The van der Waals surface area contributed by atoms with Crippen molar-refractivity contribution in [3.05, 3.63) is 89.4 Å². The Kier molecular flexibility index (Phi) is 3.74. The summed E-state index contributed by atoms with van der Waals surface area (Å²) >= 11 is 0. The normalized spacial score (nSPS) is 10.8. The second-order valence-corrected chi connectivity index (χ2v) is 6.58. The van der Waals surface area contributed by atoms with Crippen LogP contribution in [0.2, 0.25) is 0 Å². The summed E-state index contributed by atoms with van der Waals surface area (Å²) in [5, 5.41) is 1.06. The molecule has 1 heterocycles. The average Bonchev–Trinajstić information content (AvgIpc) is 3.03. The van der Waals surface area contributed by atoms with Crippen molar-refractivity contribution in [1.82, 2.24) is 4.57 Å². The molecule has 126 valence electrons. The van der Waals surface area contributed by atoms with Gasteiger partial charge in [-0.3, -0.25) is 0 Å². The van der Waals surface area contributed by atoms with E-state index in [1.165, 1.54) is 5.56 Å². The summed E-state index contributed by atoms with van der Waals surface area (Å²) < 4.78 is 2.18. The fourth-order valence-electron chi connectivity index (χ4n) is 3.37. The van der Waals surface area contributed by atoms with Crippen LogP contribution in [0.3, 0.4) is 0 Å². The van der Waals surface area contributed by atoms with Gasteiger partial charge in [0.15, 0.2) is 5.69 Å². The van der Waals surface area contributed by atoms with Gasteiger partial charge < -0.3 is 10.3 Å². The summed E-state index contributed by atoms with van der Waals surface area (Å²) in [7, 11) is 0. The minimum absolute atomic E-state index is 0.641. The molecule has 0 bridgehead atoms. The molecule has 0 unspecified atom stereocenters. The third-order valence-electron chi connectivity index (χ3n) is 4.90. The molecule has 0 spiro atoms. The maximum absolute atomic E-state index is 7.36. The van der Waals surface area contributed by atoms with Gasteiger partial charge in [-0.1, -0.05) is 35.9 Å². The smallest absolute Gasteiger partial charge is 0.188 e. The van der Waals surface area contributed by atoms with Crippen LogP contribution in [-0.4, -0.2) is 4.57 Å². The maximum atomic E-state index is 7.36. The van der Waals surface area contributed by atoms with E-state index in [1.807, 2.05) is 37.3 Å². The first-order valence-corrected chi connectivity index (χ1v) is 8.53. The van der Waals surface area contributed by atoms with E-state index in [1.54, 1.807) is 0 Å². The fraction of sp³-hybridized carbons (Fsp3) is 0.0870. The molecule has 0 fully saturated rings. The number of hydrogen-bond donors (Lipinski definition) is 1. The van der Waals surface area contributed by atoms with Crippen LogP contribution in [0.15, 0.2) is 66.9 Å². The van der Waals surface area contributed by atoms with Crippen molar-refractivity contribution in [3.8, 4) is 16.8 Å². The Hall–Kier alpha value is -3.51. The molecule has 0 atom stereocenters. The number of hydrogen-bond acceptors (Lipinski definition) is 1. The third kappa shape index (κ3) is 2.53. The molecule has 4 aromatic rings. The molecule has 1 aromatic heterocycles. The first-order valence-electron chi connectivity index (χ1n) is 8.53. The van der Waals surface area contributed by atoms with Crippen LogP contribution in [-0.2, 0) is 0 Å². The second kappa shape index (κ2) is 6.09. The first kappa shape index (κ1) is 16.0. The van der Waals surface area contributed by atoms with Gasteiger partial charge in [-0.2, -0.15) is 0 Å². The minimum atomic E-state index is 0.641. The molecule has 3 heteroatoms. The van der Waals surface area contributed by atoms with Gasteiger partial charge in [0, 0.05) is 23.1 Å². The molecule has 0 radical (unpaired) electrons. The monoisotopic (exact) mass is 337 g/mol. The molecule has 0 aliphatic carbocycles. The molecular formula is C23H19N3. The molecule has 0 amide bonds. The van der Waals surface area contributed by atoms with Gasteiger partial charge in [0.25, 0.3) is 0 Å². The summed E-state index contributed by atoms with van der Waals surface area (Å²) in [5.74, 6) is 0. The zero-order valence-corrected chi connectivity index (χ0v) is 14.8. The average molecular weight is 337 g/mol. The quantitative estimate of drug-likeness (QED) is 0.351. The standard InChI is InChI=1S/C23H19N3/c1-15-7-10-18(11-8-15)26-14-21(19-5-4-6-22(24)16(19)2)20-13-17(25-3)9-12-23(20)26/h4-14H,24H2,1-2H3. The van der Waals surface area contributed by atoms with Gasteiger partial charge in [0.05, 0.1) is 12.1 Å². The van der Waals surface area contributed by atoms with Gasteiger partial charge >= 0.3 is 0 Å². The zero-order valence-electron chi connectivity index (χ0n) is 14.8. The summed E-state index contributed by atoms with van der Waals surface area (Å²) in [5.41, 5.74) is 14.2. The van der Waals surface area contributed by atoms with Crippen LogP contribution in [0.25, 0.3) is 32.6 Å². The first-order chi connectivity index (χ1) is 12.6. The van der Waals surface area contributed by atoms with Crippen LogP contribution < -0.4 is 5.73 Å². The number of aromatic nitrogens is 1. The molecule has 0 aliphatic rings. The van der Waals surface area contributed by atoms with E-state index in [2.05, 4.69) is 52.9 Å². The highest BCUT2D eigenvalue weighted by Crippen LogP contribution is 2.37. The largest absolute Gasteiger partial charge is 0.398 e. The van der Waals surface area contributed by atoms with Crippen molar-refractivity contribution in [2.24, 2.45) is 0 Å². The molecule has 0 saturated heterocycles. The lowest BCUT2D eigenvalue weighted by Gasteiger charge is -2.07. The van der Waals surface area contributed by atoms with Crippen molar-refractivity contribution in [3.63, 3.8) is 0 Å².